The molecule has 0 saturated heterocycles. The Labute approximate surface area is 117 Å². The van der Waals surface area contributed by atoms with Crippen molar-refractivity contribution in [2.45, 2.75) is 19.7 Å². The minimum absolute atomic E-state index is 0. The van der Waals surface area contributed by atoms with Crippen molar-refractivity contribution >= 4 is 7.85 Å². The standard InChI is InChI=1S/C8H14BN.W.Y/c1-7(2)4-8(5-9)6-10-3;;/h1,4-6H2,2-3H3;;/q-2;;. The second-order valence-electron chi connectivity index (χ2n) is 2.56. The molecule has 0 saturated carbocycles. The minimum Gasteiger partial charge on any atom is -0.691 e. The molecule has 0 aromatic carbocycles. The molecule has 0 rings (SSSR count). The summed E-state index contributed by atoms with van der Waals surface area (Å²) in [5.41, 5.74) is 1.16. The Morgan fingerprint density at radius 1 is 1.58 bits per heavy atom. The van der Waals surface area contributed by atoms with E-state index in [2.05, 4.69) is 11.9 Å². The molecule has 0 fully saturated rings. The summed E-state index contributed by atoms with van der Waals surface area (Å²) in [5, 5.41) is 4.00. The van der Waals surface area contributed by atoms with Gasteiger partial charge in [0.15, 0.2) is 0 Å². The fourth-order valence-electron chi connectivity index (χ4n) is 0.843. The zero-order chi connectivity index (χ0) is 7.98. The maximum absolute atomic E-state index is 5.47. The van der Waals surface area contributed by atoms with Gasteiger partial charge in [-0.1, -0.05) is 0 Å². The summed E-state index contributed by atoms with van der Waals surface area (Å²) in [5.74, 6) is 1.26. The van der Waals surface area contributed by atoms with Crippen molar-refractivity contribution in [3.05, 3.63) is 23.4 Å². The van der Waals surface area contributed by atoms with E-state index in [4.69, 9.17) is 7.85 Å². The quantitative estimate of drug-likeness (QED) is 0.376. The van der Waals surface area contributed by atoms with E-state index < -0.39 is 0 Å². The molecule has 0 bridgehead atoms. The molecule has 0 aromatic heterocycles. The molecule has 0 unspecified atom stereocenters. The molecular formula is C8H14BNWY-2. The van der Waals surface area contributed by atoms with Gasteiger partial charge in [-0.05, 0) is 6.92 Å². The van der Waals surface area contributed by atoms with Crippen molar-refractivity contribution in [3.8, 4) is 0 Å². The molecule has 0 spiro atoms. The van der Waals surface area contributed by atoms with E-state index in [0.29, 0.717) is 6.32 Å². The van der Waals surface area contributed by atoms with Gasteiger partial charge in [-0.25, -0.2) is 6.32 Å². The SMILES string of the molecule is [B]C[C-](C[N-]C)CC(=C)C.[W].[Y]. The Balaban J connectivity index is -0.000000405. The average molecular weight is 408 g/mol. The molecule has 0 N–H and O–H groups in total. The van der Waals surface area contributed by atoms with Crippen molar-refractivity contribution in [1.29, 1.82) is 0 Å². The van der Waals surface area contributed by atoms with Gasteiger partial charge in [0.1, 0.15) is 0 Å². The summed E-state index contributed by atoms with van der Waals surface area (Å²) < 4.78 is 0. The van der Waals surface area contributed by atoms with Crippen molar-refractivity contribution in [2.24, 2.45) is 0 Å². The second kappa shape index (κ2) is 12.6. The van der Waals surface area contributed by atoms with E-state index in [9.17, 15) is 0 Å². The van der Waals surface area contributed by atoms with Crippen LogP contribution in [0.15, 0.2) is 12.2 Å². The van der Waals surface area contributed by atoms with E-state index in [0.717, 1.165) is 18.5 Å². The van der Waals surface area contributed by atoms with Gasteiger partial charge < -0.3 is 11.2 Å². The molecule has 12 heavy (non-hydrogen) atoms. The van der Waals surface area contributed by atoms with Crippen molar-refractivity contribution in [2.75, 3.05) is 13.6 Å². The summed E-state index contributed by atoms with van der Waals surface area (Å²) in [4.78, 5) is 0. The summed E-state index contributed by atoms with van der Waals surface area (Å²) >= 11 is 0. The first-order valence-electron chi connectivity index (χ1n) is 3.44. The van der Waals surface area contributed by atoms with E-state index in [1.807, 2.05) is 6.92 Å². The molecule has 3 radical (unpaired) electrons. The molecule has 0 atom stereocenters. The van der Waals surface area contributed by atoms with Crippen LogP contribution >= 0.6 is 0 Å². The van der Waals surface area contributed by atoms with E-state index in [1.165, 1.54) is 5.92 Å². The van der Waals surface area contributed by atoms with Crippen LogP contribution in [0, 0.1) is 5.92 Å². The topological polar surface area (TPSA) is 14.1 Å². The van der Waals surface area contributed by atoms with E-state index in [-0.39, 0.29) is 53.8 Å². The number of rotatable bonds is 5. The van der Waals surface area contributed by atoms with Gasteiger partial charge >= 0.3 is 0 Å². The molecule has 0 aromatic rings. The van der Waals surface area contributed by atoms with Crippen LogP contribution < -0.4 is 0 Å². The van der Waals surface area contributed by atoms with Crippen LogP contribution in [-0.4, -0.2) is 21.4 Å². The van der Waals surface area contributed by atoms with Crippen LogP contribution in [0.5, 0.6) is 0 Å². The summed E-state index contributed by atoms with van der Waals surface area (Å²) in [7, 11) is 7.27. The number of hydrogen-bond acceptors (Lipinski definition) is 0. The molecule has 4 heteroatoms. The van der Waals surface area contributed by atoms with Crippen LogP contribution in [0.25, 0.3) is 5.32 Å². The minimum atomic E-state index is 0. The normalized spacial score (nSPS) is 8.58. The maximum atomic E-state index is 5.47. The number of nitrogens with zero attached hydrogens (tertiary/aromatic N) is 1. The first-order chi connectivity index (χ1) is 4.70. The fraction of sp³-hybridized carbons (Fsp3) is 0.625. The zero-order valence-corrected chi connectivity index (χ0v) is 13.6. The predicted molar refractivity (Wildman–Crippen MR) is 47.4 cm³/mol. The summed E-state index contributed by atoms with van der Waals surface area (Å²) in [6.45, 7) is 6.59. The van der Waals surface area contributed by atoms with E-state index >= 15 is 0 Å². The molecule has 65 valence electrons. The zero-order valence-electron chi connectivity index (χ0n) is 7.84. The summed E-state index contributed by atoms with van der Waals surface area (Å²) in [6, 6.07) is 0. The first-order valence-corrected chi connectivity index (χ1v) is 3.44. The van der Waals surface area contributed by atoms with Gasteiger partial charge in [0.2, 0.25) is 0 Å². The van der Waals surface area contributed by atoms with Gasteiger partial charge in [-0.3, -0.25) is 6.54 Å². The fourth-order valence-corrected chi connectivity index (χ4v) is 0.843. The molecule has 0 amide bonds. The van der Waals surface area contributed by atoms with Crippen LogP contribution in [-0.2, 0) is 53.8 Å². The molecule has 0 aliphatic heterocycles. The average Bonchev–Trinajstić information content (AvgIpc) is 1.86. The van der Waals surface area contributed by atoms with Gasteiger partial charge in [-0.15, -0.1) is 12.2 Å². The van der Waals surface area contributed by atoms with Crippen molar-refractivity contribution in [1.82, 2.24) is 0 Å². The Morgan fingerprint density at radius 2 is 2.08 bits per heavy atom. The van der Waals surface area contributed by atoms with Gasteiger partial charge in [0.25, 0.3) is 0 Å². The molecule has 0 aliphatic carbocycles. The van der Waals surface area contributed by atoms with Gasteiger partial charge in [0.05, 0.1) is 0 Å². The Hall–Kier alpha value is 1.56. The van der Waals surface area contributed by atoms with Crippen LogP contribution in [0.4, 0.5) is 0 Å². The Bertz CT molecular complexity index is 111. The molecule has 0 aliphatic rings. The van der Waals surface area contributed by atoms with Crippen molar-refractivity contribution < 1.29 is 53.8 Å². The molecule has 0 heterocycles. The third kappa shape index (κ3) is 11.6. The van der Waals surface area contributed by atoms with Gasteiger partial charge in [-0.2, -0.15) is 13.5 Å². The largest absolute Gasteiger partial charge is 0.691 e. The Kier molecular flexibility index (Phi) is 20.1. The Morgan fingerprint density at radius 3 is 2.33 bits per heavy atom. The van der Waals surface area contributed by atoms with Crippen LogP contribution in [0.3, 0.4) is 0 Å². The first kappa shape index (κ1) is 19.2. The maximum Gasteiger partial charge on any atom is 0.0281 e. The molecule has 1 nitrogen and oxygen atoms in total. The third-order valence-corrected chi connectivity index (χ3v) is 1.22. The smallest absolute Gasteiger partial charge is 0.0281 e. The monoisotopic (exact) mass is 408 g/mol. The third-order valence-electron chi connectivity index (χ3n) is 1.22. The van der Waals surface area contributed by atoms with Gasteiger partial charge in [0, 0.05) is 61.6 Å². The second-order valence-corrected chi connectivity index (χ2v) is 2.56. The predicted octanol–water partition coefficient (Wildman–Crippen LogP) is 2.11. The van der Waals surface area contributed by atoms with Crippen molar-refractivity contribution in [3.63, 3.8) is 0 Å². The number of hydrogen-bond donors (Lipinski definition) is 0. The molecular weight excluding hydrogens is 394 g/mol. The van der Waals surface area contributed by atoms with Crippen LogP contribution in [0.1, 0.15) is 13.3 Å². The van der Waals surface area contributed by atoms with Crippen LogP contribution in [0.2, 0.25) is 6.32 Å². The number of allylic oxidation sites excluding steroid dienone is 1. The summed E-state index contributed by atoms with van der Waals surface area (Å²) in [6.07, 6.45) is 1.55. The van der Waals surface area contributed by atoms with E-state index in [1.54, 1.807) is 7.05 Å².